The van der Waals surface area contributed by atoms with E-state index in [9.17, 15) is 0 Å². The molecule has 3 rings (SSSR count). The normalized spacial score (nSPS) is 22.1. The molecule has 110 valence electrons. The lowest BCUT2D eigenvalue weighted by Crippen LogP contribution is -2.47. The number of hydrogen-bond donors (Lipinski definition) is 1. The number of hydrogen-bond acceptors (Lipinski definition) is 4. The summed E-state index contributed by atoms with van der Waals surface area (Å²) in [5, 5.41) is 0.606. The third kappa shape index (κ3) is 3.01. The van der Waals surface area contributed by atoms with Gasteiger partial charge in [0, 0.05) is 25.3 Å². The number of nitrogens with two attached hydrogens (primary N) is 1. The quantitative estimate of drug-likeness (QED) is 0.911. The Morgan fingerprint density at radius 3 is 2.45 bits per heavy atom. The molecule has 20 heavy (non-hydrogen) atoms. The molecule has 3 heterocycles. The van der Waals surface area contributed by atoms with Crippen LogP contribution in [-0.4, -0.2) is 42.1 Å². The summed E-state index contributed by atoms with van der Waals surface area (Å²) in [6, 6.07) is 2.54. The van der Waals surface area contributed by atoms with E-state index >= 15 is 0 Å². The zero-order valence-corrected chi connectivity index (χ0v) is 12.6. The molecule has 0 radical (unpaired) electrons. The highest BCUT2D eigenvalue weighted by molar-refractivity contribution is 6.30. The number of nitrogen functional groups attached to an aromatic ring is 1. The van der Waals surface area contributed by atoms with Gasteiger partial charge in [0.2, 0.25) is 0 Å². The van der Waals surface area contributed by atoms with Gasteiger partial charge in [0.05, 0.1) is 10.7 Å². The SMILES string of the molecule is Nc1cc(Cl)cnc1N1CCC(N2CCCCC2)CC1. The first-order valence-corrected chi connectivity index (χ1v) is 8.02. The van der Waals surface area contributed by atoms with Crippen molar-refractivity contribution in [1.82, 2.24) is 9.88 Å². The third-order valence-electron chi connectivity index (χ3n) is 4.53. The van der Waals surface area contributed by atoms with E-state index in [1.54, 1.807) is 12.3 Å². The number of nitrogens with zero attached hydrogens (tertiary/aromatic N) is 3. The van der Waals surface area contributed by atoms with Crippen LogP contribution in [0, 0.1) is 0 Å². The fourth-order valence-corrected chi connectivity index (χ4v) is 3.60. The van der Waals surface area contributed by atoms with Crippen molar-refractivity contribution in [3.63, 3.8) is 0 Å². The highest BCUT2D eigenvalue weighted by atomic mass is 35.5. The van der Waals surface area contributed by atoms with E-state index < -0.39 is 0 Å². The minimum Gasteiger partial charge on any atom is -0.396 e. The molecule has 4 nitrogen and oxygen atoms in total. The minimum absolute atomic E-state index is 0.606. The molecular weight excluding hydrogens is 272 g/mol. The van der Waals surface area contributed by atoms with Crippen LogP contribution in [0.4, 0.5) is 11.5 Å². The molecule has 2 N–H and O–H groups in total. The van der Waals surface area contributed by atoms with E-state index in [1.165, 1.54) is 45.2 Å². The van der Waals surface area contributed by atoms with Crippen LogP contribution in [-0.2, 0) is 0 Å². The first-order chi connectivity index (χ1) is 9.74. The van der Waals surface area contributed by atoms with Crippen molar-refractivity contribution in [2.45, 2.75) is 38.1 Å². The fraction of sp³-hybridized carbons (Fsp3) is 0.667. The molecule has 0 amide bonds. The zero-order chi connectivity index (χ0) is 13.9. The number of likely N-dealkylation sites (tertiary alicyclic amines) is 1. The highest BCUT2D eigenvalue weighted by Gasteiger charge is 2.26. The standard InChI is InChI=1S/C15H23ClN4/c16-12-10-14(17)15(18-11-12)20-8-4-13(5-9-20)19-6-2-1-3-7-19/h10-11,13H,1-9,17H2. The van der Waals surface area contributed by atoms with E-state index in [0.29, 0.717) is 10.7 Å². The second kappa shape index (κ2) is 6.19. The van der Waals surface area contributed by atoms with E-state index in [4.69, 9.17) is 17.3 Å². The molecule has 0 atom stereocenters. The third-order valence-corrected chi connectivity index (χ3v) is 4.74. The van der Waals surface area contributed by atoms with Crippen LogP contribution in [0.2, 0.25) is 5.02 Å². The first-order valence-electron chi connectivity index (χ1n) is 7.64. The average molecular weight is 295 g/mol. The van der Waals surface area contributed by atoms with Crippen molar-refractivity contribution < 1.29 is 0 Å². The predicted octanol–water partition coefficient (Wildman–Crippen LogP) is 2.77. The van der Waals surface area contributed by atoms with Crippen LogP contribution in [0.1, 0.15) is 32.1 Å². The Morgan fingerprint density at radius 2 is 1.80 bits per heavy atom. The summed E-state index contributed by atoms with van der Waals surface area (Å²) >= 11 is 5.91. The molecule has 2 saturated heterocycles. The lowest BCUT2D eigenvalue weighted by molar-refractivity contribution is 0.141. The number of aromatic nitrogens is 1. The van der Waals surface area contributed by atoms with E-state index in [0.717, 1.165) is 24.9 Å². The van der Waals surface area contributed by atoms with Crippen molar-refractivity contribution in [2.75, 3.05) is 36.8 Å². The van der Waals surface area contributed by atoms with Crippen LogP contribution >= 0.6 is 11.6 Å². The molecule has 2 aliphatic heterocycles. The summed E-state index contributed by atoms with van der Waals surface area (Å²) in [6.07, 6.45) is 8.25. The van der Waals surface area contributed by atoms with Gasteiger partial charge >= 0.3 is 0 Å². The molecule has 5 heteroatoms. The van der Waals surface area contributed by atoms with Gasteiger partial charge in [0.15, 0.2) is 5.82 Å². The van der Waals surface area contributed by atoms with Crippen LogP contribution in [0.15, 0.2) is 12.3 Å². The summed E-state index contributed by atoms with van der Waals surface area (Å²) < 4.78 is 0. The summed E-state index contributed by atoms with van der Waals surface area (Å²) in [5.74, 6) is 0.895. The molecule has 1 aromatic rings. The number of piperidine rings is 2. The van der Waals surface area contributed by atoms with Crippen LogP contribution in [0.3, 0.4) is 0 Å². The number of anilines is 2. The molecule has 0 aliphatic carbocycles. The predicted molar refractivity (Wildman–Crippen MR) is 84.3 cm³/mol. The van der Waals surface area contributed by atoms with E-state index in [2.05, 4.69) is 14.8 Å². The molecule has 0 aromatic carbocycles. The van der Waals surface area contributed by atoms with Gasteiger partial charge in [-0.15, -0.1) is 0 Å². The minimum atomic E-state index is 0.606. The molecule has 2 aliphatic rings. The molecule has 0 bridgehead atoms. The van der Waals surface area contributed by atoms with E-state index in [1.807, 2.05) is 0 Å². The second-order valence-corrected chi connectivity index (χ2v) is 6.32. The largest absolute Gasteiger partial charge is 0.396 e. The Bertz CT molecular complexity index is 451. The average Bonchev–Trinajstić information content (AvgIpc) is 2.48. The van der Waals surface area contributed by atoms with Gasteiger partial charge in [-0.2, -0.15) is 0 Å². The summed E-state index contributed by atoms with van der Waals surface area (Å²) in [5.41, 5.74) is 6.72. The van der Waals surface area contributed by atoms with Gasteiger partial charge < -0.3 is 15.5 Å². The highest BCUT2D eigenvalue weighted by Crippen LogP contribution is 2.28. The van der Waals surface area contributed by atoms with E-state index in [-0.39, 0.29) is 0 Å². The maximum atomic E-state index is 6.03. The van der Waals surface area contributed by atoms with Crippen molar-refractivity contribution in [2.24, 2.45) is 0 Å². The molecule has 2 fully saturated rings. The fourth-order valence-electron chi connectivity index (χ4n) is 3.44. The molecule has 0 spiro atoms. The van der Waals surface area contributed by atoms with Crippen molar-refractivity contribution >= 4 is 23.1 Å². The van der Waals surface area contributed by atoms with Gasteiger partial charge in [0.25, 0.3) is 0 Å². The lowest BCUT2D eigenvalue weighted by atomic mass is 10.00. The molecule has 0 saturated carbocycles. The first kappa shape index (κ1) is 14.0. The van der Waals surface area contributed by atoms with Crippen molar-refractivity contribution in [3.8, 4) is 0 Å². The molecule has 0 unspecified atom stereocenters. The number of pyridine rings is 1. The van der Waals surface area contributed by atoms with Gasteiger partial charge in [0.1, 0.15) is 0 Å². The lowest BCUT2D eigenvalue weighted by Gasteiger charge is -2.40. The van der Waals surface area contributed by atoms with Crippen molar-refractivity contribution in [3.05, 3.63) is 17.3 Å². The maximum absolute atomic E-state index is 6.03. The van der Waals surface area contributed by atoms with Gasteiger partial charge in [-0.25, -0.2) is 4.98 Å². The summed E-state index contributed by atoms with van der Waals surface area (Å²) in [7, 11) is 0. The summed E-state index contributed by atoms with van der Waals surface area (Å²) in [4.78, 5) is 9.37. The molecule has 1 aromatic heterocycles. The summed E-state index contributed by atoms with van der Waals surface area (Å²) in [6.45, 7) is 4.65. The van der Waals surface area contributed by atoms with Crippen molar-refractivity contribution in [1.29, 1.82) is 0 Å². The maximum Gasteiger partial charge on any atom is 0.151 e. The number of rotatable bonds is 2. The smallest absolute Gasteiger partial charge is 0.151 e. The van der Waals surface area contributed by atoms with Crippen LogP contribution in [0.25, 0.3) is 0 Å². The Labute approximate surface area is 125 Å². The van der Waals surface area contributed by atoms with Gasteiger partial charge in [-0.05, 0) is 44.8 Å². The Hall–Kier alpha value is -1.00. The Balaban J connectivity index is 1.60. The molecular formula is C15H23ClN4. The van der Waals surface area contributed by atoms with Gasteiger partial charge in [-0.3, -0.25) is 0 Å². The van der Waals surface area contributed by atoms with Crippen LogP contribution in [0.5, 0.6) is 0 Å². The Morgan fingerprint density at radius 1 is 1.10 bits per heavy atom. The van der Waals surface area contributed by atoms with Crippen LogP contribution < -0.4 is 10.6 Å². The topological polar surface area (TPSA) is 45.4 Å². The monoisotopic (exact) mass is 294 g/mol. The Kier molecular flexibility index (Phi) is 4.32. The number of halogens is 1. The second-order valence-electron chi connectivity index (χ2n) is 5.88. The van der Waals surface area contributed by atoms with Gasteiger partial charge in [-0.1, -0.05) is 18.0 Å². The zero-order valence-electron chi connectivity index (χ0n) is 11.9.